The molecule has 0 aliphatic heterocycles. The minimum absolute atomic E-state index is 0.253. The molecule has 0 saturated carbocycles. The van der Waals surface area contributed by atoms with Crippen LogP contribution < -0.4 is 10.6 Å². The summed E-state index contributed by atoms with van der Waals surface area (Å²) in [5.74, 6) is 0. The van der Waals surface area contributed by atoms with E-state index in [0.29, 0.717) is 19.4 Å². The summed E-state index contributed by atoms with van der Waals surface area (Å²) < 4.78 is 0. The Labute approximate surface area is 159 Å². The van der Waals surface area contributed by atoms with Crippen molar-refractivity contribution in [1.29, 1.82) is 0 Å². The van der Waals surface area contributed by atoms with Crippen LogP contribution in [0.25, 0.3) is 10.8 Å². The Kier molecular flexibility index (Phi) is 4.82. The lowest BCUT2D eigenvalue weighted by Crippen LogP contribution is -2.49. The molecule has 0 unspecified atom stereocenters. The maximum absolute atomic E-state index is 12.2. The molecule has 3 aromatic rings. The Morgan fingerprint density at radius 1 is 0.926 bits per heavy atom. The van der Waals surface area contributed by atoms with Gasteiger partial charge in [-0.3, -0.25) is 0 Å². The number of aryl methyl sites for hydroxylation is 1. The highest BCUT2D eigenvalue weighted by Crippen LogP contribution is 2.28. The summed E-state index contributed by atoms with van der Waals surface area (Å²) in [6, 6.07) is 22.2. The molecular formula is C23H24N2O2. The number of aliphatic hydroxyl groups is 1. The number of fused-ring (bicyclic) bond motifs is 2. The van der Waals surface area contributed by atoms with E-state index in [-0.39, 0.29) is 12.6 Å². The predicted octanol–water partition coefficient (Wildman–Crippen LogP) is 3.56. The summed E-state index contributed by atoms with van der Waals surface area (Å²) in [5.41, 5.74) is 2.66. The zero-order valence-electron chi connectivity index (χ0n) is 15.2. The number of rotatable bonds is 4. The average molecular weight is 360 g/mol. The quantitative estimate of drug-likeness (QED) is 0.666. The SMILES string of the molecule is O=C(NCc1cccc2ccccc12)NC[C@]1(O)CCc2ccccc2C1. The molecule has 0 spiro atoms. The molecule has 0 bridgehead atoms. The number of carbonyl (C=O) groups excluding carboxylic acids is 1. The van der Waals surface area contributed by atoms with E-state index in [4.69, 9.17) is 0 Å². The van der Waals surface area contributed by atoms with Crippen molar-refractivity contribution < 1.29 is 9.90 Å². The third kappa shape index (κ3) is 3.96. The summed E-state index contributed by atoms with van der Waals surface area (Å²) in [5, 5.41) is 18.9. The lowest BCUT2D eigenvalue weighted by Gasteiger charge is -2.33. The molecule has 4 rings (SSSR count). The molecule has 0 radical (unpaired) electrons. The lowest BCUT2D eigenvalue weighted by atomic mass is 9.80. The molecular weight excluding hydrogens is 336 g/mol. The maximum atomic E-state index is 12.2. The van der Waals surface area contributed by atoms with Gasteiger partial charge in [0.05, 0.1) is 5.60 Å². The second-order valence-electron chi connectivity index (χ2n) is 7.34. The van der Waals surface area contributed by atoms with Crippen molar-refractivity contribution in [2.45, 2.75) is 31.4 Å². The fourth-order valence-electron chi connectivity index (χ4n) is 3.86. The molecule has 4 heteroatoms. The standard InChI is InChI=1S/C23H24N2O2/c26-22(24-15-20-10-5-9-18-7-3-4-11-21(18)20)25-16-23(27)13-12-17-6-1-2-8-19(17)14-23/h1-11,27H,12-16H2,(H2,24,25,26)/t23-/m0/s1. The maximum Gasteiger partial charge on any atom is 0.315 e. The molecule has 27 heavy (non-hydrogen) atoms. The first-order chi connectivity index (χ1) is 13.1. The number of hydrogen-bond donors (Lipinski definition) is 3. The van der Waals surface area contributed by atoms with Gasteiger partial charge in [-0.15, -0.1) is 0 Å². The van der Waals surface area contributed by atoms with Gasteiger partial charge < -0.3 is 15.7 Å². The third-order valence-corrected chi connectivity index (χ3v) is 5.39. The van der Waals surface area contributed by atoms with E-state index in [1.165, 1.54) is 11.1 Å². The Morgan fingerprint density at radius 3 is 2.56 bits per heavy atom. The van der Waals surface area contributed by atoms with Gasteiger partial charge in [-0.2, -0.15) is 0 Å². The second kappa shape index (κ2) is 7.41. The van der Waals surface area contributed by atoms with Crippen LogP contribution in [-0.2, 0) is 19.4 Å². The van der Waals surface area contributed by atoms with Crippen molar-refractivity contribution in [3.05, 3.63) is 83.4 Å². The number of urea groups is 1. The first kappa shape index (κ1) is 17.6. The van der Waals surface area contributed by atoms with Gasteiger partial charge in [0.2, 0.25) is 0 Å². The normalized spacial score (nSPS) is 18.7. The molecule has 2 amide bonds. The van der Waals surface area contributed by atoms with E-state index in [9.17, 15) is 9.90 Å². The molecule has 0 saturated heterocycles. The van der Waals surface area contributed by atoms with E-state index >= 15 is 0 Å². The molecule has 1 aliphatic rings. The first-order valence-electron chi connectivity index (χ1n) is 9.40. The molecule has 138 valence electrons. The van der Waals surface area contributed by atoms with Crippen LogP contribution in [0.15, 0.2) is 66.7 Å². The Bertz CT molecular complexity index is 964. The molecule has 0 aromatic heterocycles. The smallest absolute Gasteiger partial charge is 0.315 e. The van der Waals surface area contributed by atoms with Gasteiger partial charge in [0.1, 0.15) is 0 Å². The summed E-state index contributed by atoms with van der Waals surface area (Å²) >= 11 is 0. The average Bonchev–Trinajstić information content (AvgIpc) is 2.70. The van der Waals surface area contributed by atoms with Crippen LogP contribution >= 0.6 is 0 Å². The van der Waals surface area contributed by atoms with Gasteiger partial charge in [-0.1, -0.05) is 66.7 Å². The van der Waals surface area contributed by atoms with Crippen LogP contribution in [0.1, 0.15) is 23.1 Å². The lowest BCUT2D eigenvalue weighted by molar-refractivity contribution is 0.0291. The van der Waals surface area contributed by atoms with Crippen molar-refractivity contribution in [3.8, 4) is 0 Å². The molecule has 4 nitrogen and oxygen atoms in total. The van der Waals surface area contributed by atoms with Gasteiger partial charge in [-0.05, 0) is 40.3 Å². The highest BCUT2D eigenvalue weighted by Gasteiger charge is 2.32. The third-order valence-electron chi connectivity index (χ3n) is 5.39. The molecule has 3 N–H and O–H groups in total. The molecule has 0 fully saturated rings. The second-order valence-corrected chi connectivity index (χ2v) is 7.34. The monoisotopic (exact) mass is 360 g/mol. The van der Waals surface area contributed by atoms with E-state index in [2.05, 4.69) is 41.0 Å². The number of carbonyl (C=O) groups is 1. The topological polar surface area (TPSA) is 61.4 Å². The summed E-state index contributed by atoms with van der Waals surface area (Å²) in [6.07, 6.45) is 2.08. The van der Waals surface area contributed by atoms with E-state index in [1.807, 2.05) is 36.4 Å². The van der Waals surface area contributed by atoms with Crippen molar-refractivity contribution in [2.75, 3.05) is 6.54 Å². The van der Waals surface area contributed by atoms with Crippen LogP contribution in [0.4, 0.5) is 4.79 Å². The van der Waals surface area contributed by atoms with Crippen molar-refractivity contribution in [1.82, 2.24) is 10.6 Å². The number of amides is 2. The van der Waals surface area contributed by atoms with Gasteiger partial charge in [0.25, 0.3) is 0 Å². The number of nitrogens with one attached hydrogen (secondary N) is 2. The Balaban J connectivity index is 1.34. The largest absolute Gasteiger partial charge is 0.388 e. The molecule has 3 aromatic carbocycles. The van der Waals surface area contributed by atoms with Crippen molar-refractivity contribution in [3.63, 3.8) is 0 Å². The summed E-state index contributed by atoms with van der Waals surface area (Å²) in [7, 11) is 0. The van der Waals surface area contributed by atoms with Crippen LogP contribution in [0, 0.1) is 0 Å². The molecule has 1 atom stereocenters. The van der Waals surface area contributed by atoms with E-state index in [1.54, 1.807) is 0 Å². The highest BCUT2D eigenvalue weighted by atomic mass is 16.3. The van der Waals surface area contributed by atoms with E-state index < -0.39 is 5.60 Å². The highest BCUT2D eigenvalue weighted by molar-refractivity contribution is 5.86. The fourth-order valence-corrected chi connectivity index (χ4v) is 3.86. The van der Waals surface area contributed by atoms with Crippen molar-refractivity contribution in [2.24, 2.45) is 0 Å². The predicted molar refractivity (Wildman–Crippen MR) is 108 cm³/mol. The van der Waals surface area contributed by atoms with Gasteiger partial charge in [0, 0.05) is 19.5 Å². The summed E-state index contributed by atoms with van der Waals surface area (Å²) in [6.45, 7) is 0.706. The van der Waals surface area contributed by atoms with Gasteiger partial charge >= 0.3 is 6.03 Å². The number of hydrogen-bond acceptors (Lipinski definition) is 2. The fraction of sp³-hybridized carbons (Fsp3) is 0.261. The first-order valence-corrected chi connectivity index (χ1v) is 9.40. The Hall–Kier alpha value is -2.85. The van der Waals surface area contributed by atoms with Crippen LogP contribution in [0.5, 0.6) is 0 Å². The van der Waals surface area contributed by atoms with Gasteiger partial charge in [0.15, 0.2) is 0 Å². The van der Waals surface area contributed by atoms with Crippen LogP contribution in [-0.4, -0.2) is 23.3 Å². The minimum atomic E-state index is -0.884. The zero-order valence-corrected chi connectivity index (χ0v) is 15.2. The molecule has 0 heterocycles. The summed E-state index contributed by atoms with van der Waals surface area (Å²) in [4.78, 5) is 12.2. The number of benzene rings is 3. The zero-order chi connectivity index (χ0) is 18.7. The van der Waals surface area contributed by atoms with E-state index in [0.717, 1.165) is 22.8 Å². The van der Waals surface area contributed by atoms with Crippen molar-refractivity contribution >= 4 is 16.8 Å². The minimum Gasteiger partial charge on any atom is -0.388 e. The van der Waals surface area contributed by atoms with Crippen LogP contribution in [0.3, 0.4) is 0 Å². The Morgan fingerprint density at radius 2 is 1.67 bits per heavy atom. The van der Waals surface area contributed by atoms with Gasteiger partial charge in [-0.25, -0.2) is 4.79 Å². The van der Waals surface area contributed by atoms with Crippen LogP contribution in [0.2, 0.25) is 0 Å². The molecule has 1 aliphatic carbocycles.